The number of nitrogens with zero attached hydrogens (tertiary/aromatic N) is 1. The maximum atomic E-state index is 6.16. The Hall–Kier alpha value is -1.56. The van der Waals surface area contributed by atoms with E-state index in [9.17, 15) is 0 Å². The van der Waals surface area contributed by atoms with Gasteiger partial charge in [-0.1, -0.05) is 11.6 Å². The number of rotatable bonds is 5. The molecule has 0 unspecified atom stereocenters. The summed E-state index contributed by atoms with van der Waals surface area (Å²) in [4.78, 5) is 4.19. The van der Waals surface area contributed by atoms with Crippen LogP contribution in [-0.2, 0) is 6.61 Å². The van der Waals surface area contributed by atoms with Crippen LogP contribution in [0, 0.1) is 0 Å². The number of hydrogen-bond donors (Lipinski definition) is 1. The molecule has 0 bridgehead atoms. The minimum absolute atomic E-state index is 0.518. The maximum Gasteiger partial charge on any atom is 0.187 e. The van der Waals surface area contributed by atoms with Crippen LogP contribution in [0.15, 0.2) is 46.6 Å². The number of thiophene rings is 1. The number of hydrogen-bond acceptors (Lipinski definition) is 5. The van der Waals surface area contributed by atoms with Gasteiger partial charge in [0.25, 0.3) is 0 Å². The molecule has 0 aliphatic heterocycles. The predicted octanol–water partition coefficient (Wildman–Crippen LogP) is 5.18. The summed E-state index contributed by atoms with van der Waals surface area (Å²) in [7, 11) is 0. The normalized spacial score (nSPS) is 10.4. The lowest BCUT2D eigenvalue weighted by molar-refractivity contribution is 0.307. The molecule has 1 aromatic carbocycles. The van der Waals surface area contributed by atoms with E-state index < -0.39 is 0 Å². The molecule has 0 atom stereocenters. The molecule has 0 aliphatic rings. The van der Waals surface area contributed by atoms with Gasteiger partial charge in [0, 0.05) is 23.3 Å². The van der Waals surface area contributed by atoms with Crippen LogP contribution in [-0.4, -0.2) is 4.98 Å². The molecule has 2 heterocycles. The number of halogens is 1. The van der Waals surface area contributed by atoms with E-state index in [1.165, 1.54) is 0 Å². The van der Waals surface area contributed by atoms with Gasteiger partial charge in [0.1, 0.15) is 12.4 Å². The molecule has 0 saturated heterocycles. The van der Waals surface area contributed by atoms with Crippen molar-refractivity contribution in [2.45, 2.75) is 6.61 Å². The van der Waals surface area contributed by atoms with E-state index in [1.807, 2.05) is 35.0 Å². The Kier molecular flexibility index (Phi) is 4.20. The lowest BCUT2D eigenvalue weighted by Gasteiger charge is -2.09. The lowest BCUT2D eigenvalue weighted by Crippen LogP contribution is -1.96. The largest absolute Gasteiger partial charge is 0.487 e. The van der Waals surface area contributed by atoms with Crippen molar-refractivity contribution in [3.05, 3.63) is 57.2 Å². The number of anilines is 2. The van der Waals surface area contributed by atoms with Crippen LogP contribution in [0.2, 0.25) is 5.02 Å². The van der Waals surface area contributed by atoms with E-state index >= 15 is 0 Å². The van der Waals surface area contributed by atoms with Gasteiger partial charge in [-0.2, -0.15) is 11.3 Å². The first-order chi connectivity index (χ1) is 9.81. The van der Waals surface area contributed by atoms with Crippen molar-refractivity contribution in [2.24, 2.45) is 0 Å². The van der Waals surface area contributed by atoms with Crippen molar-refractivity contribution in [2.75, 3.05) is 5.32 Å². The highest BCUT2D eigenvalue weighted by molar-refractivity contribution is 7.13. The minimum atomic E-state index is 0.518. The van der Waals surface area contributed by atoms with E-state index in [0.717, 1.165) is 16.4 Å². The summed E-state index contributed by atoms with van der Waals surface area (Å²) in [5, 5.41) is 10.7. The fourth-order valence-corrected chi connectivity index (χ4v) is 3.01. The summed E-state index contributed by atoms with van der Waals surface area (Å²) in [5.74, 6) is 0.666. The number of thiazole rings is 1. The third-order valence-corrected chi connectivity index (χ3v) is 4.32. The van der Waals surface area contributed by atoms with Crippen molar-refractivity contribution in [1.29, 1.82) is 0 Å². The molecule has 102 valence electrons. The molecule has 0 radical (unpaired) electrons. The molecule has 20 heavy (non-hydrogen) atoms. The summed E-state index contributed by atoms with van der Waals surface area (Å²) in [6.07, 6.45) is 1.76. The second-order valence-electron chi connectivity index (χ2n) is 4.03. The zero-order valence-electron chi connectivity index (χ0n) is 10.4. The maximum absolute atomic E-state index is 6.16. The second-order valence-corrected chi connectivity index (χ2v) is 6.11. The standard InChI is InChI=1S/C14H11ClN2OS2/c15-12-2-1-11(17-14-16-4-6-20-14)7-13(12)18-8-10-3-5-19-9-10/h1-7,9H,8H2,(H,16,17). The molecular weight excluding hydrogens is 312 g/mol. The van der Waals surface area contributed by atoms with E-state index in [-0.39, 0.29) is 0 Å². The van der Waals surface area contributed by atoms with Gasteiger partial charge in [-0.25, -0.2) is 4.98 Å². The highest BCUT2D eigenvalue weighted by Gasteiger charge is 2.05. The molecule has 0 aliphatic carbocycles. The average Bonchev–Trinajstić information content (AvgIpc) is 3.12. The zero-order chi connectivity index (χ0) is 13.8. The average molecular weight is 323 g/mol. The fraction of sp³-hybridized carbons (Fsp3) is 0.0714. The van der Waals surface area contributed by atoms with Gasteiger partial charge in [-0.3, -0.25) is 0 Å². The van der Waals surface area contributed by atoms with Gasteiger partial charge < -0.3 is 10.1 Å². The predicted molar refractivity (Wildman–Crippen MR) is 85.5 cm³/mol. The number of aromatic nitrogens is 1. The minimum Gasteiger partial charge on any atom is -0.487 e. The Labute approximate surface area is 129 Å². The Morgan fingerprint density at radius 2 is 2.20 bits per heavy atom. The van der Waals surface area contributed by atoms with Gasteiger partial charge in [-0.05, 0) is 34.5 Å². The van der Waals surface area contributed by atoms with Gasteiger partial charge in [0.15, 0.2) is 5.13 Å². The van der Waals surface area contributed by atoms with Crippen LogP contribution in [0.1, 0.15) is 5.56 Å². The molecule has 1 N–H and O–H groups in total. The van der Waals surface area contributed by atoms with E-state index in [2.05, 4.69) is 15.7 Å². The van der Waals surface area contributed by atoms with Gasteiger partial charge >= 0.3 is 0 Å². The number of benzene rings is 1. The van der Waals surface area contributed by atoms with Crippen LogP contribution >= 0.6 is 34.3 Å². The molecular formula is C14H11ClN2OS2. The quantitative estimate of drug-likeness (QED) is 0.702. The highest BCUT2D eigenvalue weighted by Crippen LogP contribution is 2.30. The Balaban J connectivity index is 1.72. The van der Waals surface area contributed by atoms with Crippen LogP contribution in [0.4, 0.5) is 10.8 Å². The number of ether oxygens (including phenoxy) is 1. The van der Waals surface area contributed by atoms with Crippen molar-refractivity contribution in [3.63, 3.8) is 0 Å². The van der Waals surface area contributed by atoms with E-state index in [1.54, 1.807) is 28.9 Å². The summed E-state index contributed by atoms with van der Waals surface area (Å²) >= 11 is 9.35. The Morgan fingerprint density at radius 1 is 1.25 bits per heavy atom. The van der Waals surface area contributed by atoms with Gasteiger partial charge in [0.05, 0.1) is 5.02 Å². The van der Waals surface area contributed by atoms with E-state index in [0.29, 0.717) is 17.4 Å². The first kappa shape index (κ1) is 13.4. The molecule has 0 fully saturated rings. The van der Waals surface area contributed by atoms with Crippen molar-refractivity contribution < 1.29 is 4.74 Å². The van der Waals surface area contributed by atoms with E-state index in [4.69, 9.17) is 16.3 Å². The number of nitrogens with one attached hydrogen (secondary N) is 1. The highest BCUT2D eigenvalue weighted by atomic mass is 35.5. The Bertz CT molecular complexity index is 669. The molecule has 2 aromatic heterocycles. The van der Waals surface area contributed by atoms with Crippen molar-refractivity contribution in [1.82, 2.24) is 4.98 Å². The van der Waals surface area contributed by atoms with Crippen molar-refractivity contribution in [3.8, 4) is 5.75 Å². The molecule has 3 nitrogen and oxygen atoms in total. The summed E-state index contributed by atoms with van der Waals surface area (Å²) in [5.41, 5.74) is 2.05. The van der Waals surface area contributed by atoms with Crippen LogP contribution in [0.5, 0.6) is 5.75 Å². The Morgan fingerprint density at radius 3 is 2.95 bits per heavy atom. The monoisotopic (exact) mass is 322 g/mol. The lowest BCUT2D eigenvalue weighted by atomic mass is 10.3. The molecule has 0 spiro atoms. The van der Waals surface area contributed by atoms with Crippen molar-refractivity contribution >= 4 is 45.1 Å². The topological polar surface area (TPSA) is 34.2 Å². The molecule has 3 aromatic rings. The molecule has 6 heteroatoms. The van der Waals surface area contributed by atoms with Crippen LogP contribution in [0.25, 0.3) is 0 Å². The second kappa shape index (κ2) is 6.26. The third kappa shape index (κ3) is 3.30. The third-order valence-electron chi connectivity index (χ3n) is 2.59. The summed E-state index contributed by atoms with van der Waals surface area (Å²) in [6.45, 7) is 0.518. The molecule has 0 amide bonds. The van der Waals surface area contributed by atoms with Gasteiger partial charge in [-0.15, -0.1) is 11.3 Å². The first-order valence-corrected chi connectivity index (χ1v) is 8.11. The van der Waals surface area contributed by atoms with Gasteiger partial charge in [0.2, 0.25) is 0 Å². The summed E-state index contributed by atoms with van der Waals surface area (Å²) < 4.78 is 5.76. The SMILES string of the molecule is Clc1ccc(Nc2nccs2)cc1OCc1ccsc1. The molecule has 0 saturated carbocycles. The zero-order valence-corrected chi connectivity index (χ0v) is 12.8. The van der Waals surface area contributed by atoms with Crippen LogP contribution < -0.4 is 10.1 Å². The van der Waals surface area contributed by atoms with Crippen LogP contribution in [0.3, 0.4) is 0 Å². The smallest absolute Gasteiger partial charge is 0.187 e. The fourth-order valence-electron chi connectivity index (χ4n) is 1.64. The molecule has 3 rings (SSSR count). The first-order valence-electron chi connectivity index (χ1n) is 5.91. The summed E-state index contributed by atoms with van der Waals surface area (Å²) in [6, 6.07) is 7.65.